The summed E-state index contributed by atoms with van der Waals surface area (Å²) in [5.74, 6) is 0. The standard InChI is InChI=1S/C15H15ClO2S/c1-10-6-11(2)8-13(7-10)15-5-4-14(9-12(15)3)19(16,17)18/h4-9H,1-3H3. The Bertz CT molecular complexity index is 714. The summed E-state index contributed by atoms with van der Waals surface area (Å²) in [6.07, 6.45) is 0. The van der Waals surface area contributed by atoms with Crippen LogP contribution in [0.3, 0.4) is 0 Å². The van der Waals surface area contributed by atoms with Crippen molar-refractivity contribution in [2.45, 2.75) is 25.7 Å². The van der Waals surface area contributed by atoms with Gasteiger partial charge in [-0.25, -0.2) is 8.42 Å². The number of hydrogen-bond acceptors (Lipinski definition) is 2. The molecule has 0 aromatic heterocycles. The van der Waals surface area contributed by atoms with Crippen molar-refractivity contribution < 1.29 is 8.42 Å². The summed E-state index contributed by atoms with van der Waals surface area (Å²) in [4.78, 5) is 0.139. The number of rotatable bonds is 2. The molecule has 0 aliphatic carbocycles. The molecule has 100 valence electrons. The quantitative estimate of drug-likeness (QED) is 0.778. The topological polar surface area (TPSA) is 34.1 Å². The average Bonchev–Trinajstić information content (AvgIpc) is 2.26. The molecule has 0 aliphatic rings. The first kappa shape index (κ1) is 14.1. The molecular weight excluding hydrogens is 280 g/mol. The van der Waals surface area contributed by atoms with Crippen molar-refractivity contribution in [2.75, 3.05) is 0 Å². The van der Waals surface area contributed by atoms with Gasteiger partial charge in [0.05, 0.1) is 4.90 Å². The molecule has 0 unspecified atom stereocenters. The Morgan fingerprint density at radius 2 is 1.47 bits per heavy atom. The van der Waals surface area contributed by atoms with E-state index in [1.807, 2.05) is 20.8 Å². The third-order valence-electron chi connectivity index (χ3n) is 3.01. The van der Waals surface area contributed by atoms with E-state index in [0.29, 0.717) is 0 Å². The highest BCUT2D eigenvalue weighted by Crippen LogP contribution is 2.28. The van der Waals surface area contributed by atoms with Crippen molar-refractivity contribution in [3.8, 4) is 11.1 Å². The Morgan fingerprint density at radius 1 is 0.895 bits per heavy atom. The monoisotopic (exact) mass is 294 g/mol. The van der Waals surface area contributed by atoms with Gasteiger partial charge in [-0.15, -0.1) is 0 Å². The van der Waals surface area contributed by atoms with Gasteiger partial charge >= 0.3 is 0 Å². The minimum atomic E-state index is -3.67. The minimum Gasteiger partial charge on any atom is -0.207 e. The zero-order valence-electron chi connectivity index (χ0n) is 11.1. The second-order valence-electron chi connectivity index (χ2n) is 4.79. The van der Waals surface area contributed by atoms with Gasteiger partial charge in [-0.3, -0.25) is 0 Å². The van der Waals surface area contributed by atoms with E-state index >= 15 is 0 Å². The van der Waals surface area contributed by atoms with E-state index in [2.05, 4.69) is 18.2 Å². The van der Waals surface area contributed by atoms with E-state index in [4.69, 9.17) is 10.7 Å². The van der Waals surface area contributed by atoms with Crippen LogP contribution in [0.5, 0.6) is 0 Å². The van der Waals surface area contributed by atoms with Gasteiger partial charge in [-0.05, 0) is 49.6 Å². The summed E-state index contributed by atoms with van der Waals surface area (Å²) < 4.78 is 22.6. The molecule has 0 heterocycles. The highest BCUT2D eigenvalue weighted by Gasteiger charge is 2.12. The Labute approximate surface area is 118 Å². The lowest BCUT2D eigenvalue weighted by molar-refractivity contribution is 0.609. The smallest absolute Gasteiger partial charge is 0.207 e. The van der Waals surface area contributed by atoms with Crippen LogP contribution in [-0.4, -0.2) is 8.42 Å². The van der Waals surface area contributed by atoms with Crippen molar-refractivity contribution in [1.82, 2.24) is 0 Å². The normalized spacial score (nSPS) is 11.6. The molecule has 0 fully saturated rings. The van der Waals surface area contributed by atoms with E-state index in [1.54, 1.807) is 18.2 Å². The van der Waals surface area contributed by atoms with E-state index in [9.17, 15) is 8.42 Å². The molecule has 0 atom stereocenters. The Balaban J connectivity index is 2.58. The van der Waals surface area contributed by atoms with E-state index < -0.39 is 9.05 Å². The van der Waals surface area contributed by atoms with Crippen molar-refractivity contribution in [2.24, 2.45) is 0 Å². The predicted octanol–water partition coefficient (Wildman–Crippen LogP) is 4.21. The second-order valence-corrected chi connectivity index (χ2v) is 7.36. The van der Waals surface area contributed by atoms with Crippen LogP contribution in [0.25, 0.3) is 11.1 Å². The average molecular weight is 295 g/mol. The second kappa shape index (κ2) is 4.99. The molecule has 0 radical (unpaired) electrons. The van der Waals surface area contributed by atoms with Crippen LogP contribution < -0.4 is 0 Å². The van der Waals surface area contributed by atoms with Crippen LogP contribution in [0.4, 0.5) is 0 Å². The van der Waals surface area contributed by atoms with Crippen LogP contribution in [0.15, 0.2) is 41.3 Å². The Hall–Kier alpha value is -1.32. The molecule has 0 spiro atoms. The van der Waals surface area contributed by atoms with Crippen molar-refractivity contribution in [3.63, 3.8) is 0 Å². The highest BCUT2D eigenvalue weighted by molar-refractivity contribution is 8.13. The van der Waals surface area contributed by atoms with Gasteiger partial charge in [0.15, 0.2) is 0 Å². The maximum atomic E-state index is 11.3. The molecular formula is C15H15ClO2S. The predicted molar refractivity (Wildman–Crippen MR) is 79.1 cm³/mol. The van der Waals surface area contributed by atoms with Gasteiger partial charge in [0.1, 0.15) is 0 Å². The highest BCUT2D eigenvalue weighted by atomic mass is 35.7. The molecule has 0 aliphatic heterocycles. The van der Waals surface area contributed by atoms with Crippen LogP contribution in [0.1, 0.15) is 16.7 Å². The largest absolute Gasteiger partial charge is 0.261 e. The number of benzene rings is 2. The minimum absolute atomic E-state index is 0.139. The molecule has 2 aromatic carbocycles. The third kappa shape index (κ3) is 3.17. The number of halogens is 1. The SMILES string of the molecule is Cc1cc(C)cc(-c2ccc(S(=O)(=O)Cl)cc2C)c1. The zero-order chi connectivity index (χ0) is 14.2. The first-order valence-electron chi connectivity index (χ1n) is 5.91. The summed E-state index contributed by atoms with van der Waals surface area (Å²) in [6.45, 7) is 5.98. The number of hydrogen-bond donors (Lipinski definition) is 0. The molecule has 2 aromatic rings. The van der Waals surface area contributed by atoms with Gasteiger partial charge in [0, 0.05) is 10.7 Å². The van der Waals surface area contributed by atoms with E-state index in [-0.39, 0.29) is 4.90 Å². The zero-order valence-corrected chi connectivity index (χ0v) is 12.6. The molecule has 4 heteroatoms. The lowest BCUT2D eigenvalue weighted by Crippen LogP contribution is -1.93. The number of aryl methyl sites for hydroxylation is 3. The van der Waals surface area contributed by atoms with Gasteiger partial charge in [-0.2, -0.15) is 0 Å². The van der Waals surface area contributed by atoms with E-state index in [0.717, 1.165) is 16.7 Å². The fourth-order valence-corrected chi connectivity index (χ4v) is 3.08. The maximum absolute atomic E-state index is 11.3. The maximum Gasteiger partial charge on any atom is 0.261 e. The molecule has 0 saturated heterocycles. The van der Waals surface area contributed by atoms with Gasteiger partial charge in [-0.1, -0.05) is 35.4 Å². The fourth-order valence-electron chi connectivity index (χ4n) is 2.24. The summed E-state index contributed by atoms with van der Waals surface area (Å²) >= 11 is 0. The lowest BCUT2D eigenvalue weighted by atomic mass is 9.97. The van der Waals surface area contributed by atoms with Crippen LogP contribution in [-0.2, 0) is 9.05 Å². The lowest BCUT2D eigenvalue weighted by Gasteiger charge is -2.09. The molecule has 0 N–H and O–H groups in total. The van der Waals surface area contributed by atoms with Crippen LogP contribution in [0, 0.1) is 20.8 Å². The van der Waals surface area contributed by atoms with Crippen molar-refractivity contribution in [3.05, 3.63) is 53.1 Å². The Morgan fingerprint density at radius 3 is 1.95 bits per heavy atom. The van der Waals surface area contributed by atoms with Crippen LogP contribution in [0.2, 0.25) is 0 Å². The summed E-state index contributed by atoms with van der Waals surface area (Å²) in [5, 5.41) is 0. The first-order chi connectivity index (χ1) is 8.77. The summed E-state index contributed by atoms with van der Waals surface area (Å²) in [5.41, 5.74) is 5.38. The van der Waals surface area contributed by atoms with Gasteiger partial charge in [0.2, 0.25) is 0 Å². The summed E-state index contributed by atoms with van der Waals surface area (Å²) in [7, 11) is 1.68. The van der Waals surface area contributed by atoms with Crippen LogP contribution >= 0.6 is 10.7 Å². The molecule has 0 bridgehead atoms. The van der Waals surface area contributed by atoms with Gasteiger partial charge < -0.3 is 0 Å². The first-order valence-corrected chi connectivity index (χ1v) is 8.22. The molecule has 0 amide bonds. The molecule has 19 heavy (non-hydrogen) atoms. The van der Waals surface area contributed by atoms with E-state index in [1.165, 1.54) is 11.1 Å². The molecule has 2 rings (SSSR count). The van der Waals surface area contributed by atoms with Crippen molar-refractivity contribution in [1.29, 1.82) is 0 Å². The summed E-state index contributed by atoms with van der Waals surface area (Å²) in [6, 6.07) is 11.2. The molecule has 0 saturated carbocycles. The fraction of sp³-hybridized carbons (Fsp3) is 0.200. The third-order valence-corrected chi connectivity index (χ3v) is 4.36. The Kier molecular flexibility index (Phi) is 3.70. The molecule has 2 nitrogen and oxygen atoms in total. The van der Waals surface area contributed by atoms with Crippen molar-refractivity contribution >= 4 is 19.7 Å². The van der Waals surface area contributed by atoms with Gasteiger partial charge in [0.25, 0.3) is 9.05 Å².